The monoisotopic (exact) mass is 252 g/mol. The summed E-state index contributed by atoms with van der Waals surface area (Å²) in [5, 5.41) is 7.27. The van der Waals surface area contributed by atoms with Crippen LogP contribution in [0.5, 0.6) is 0 Å². The second-order valence-electron chi connectivity index (χ2n) is 5.18. The highest BCUT2D eigenvalue weighted by Crippen LogP contribution is 2.33. The number of rotatable bonds is 2. The fourth-order valence-electron chi connectivity index (χ4n) is 3.40. The van der Waals surface area contributed by atoms with Crippen LogP contribution in [0.3, 0.4) is 0 Å². The van der Waals surface area contributed by atoms with E-state index in [-0.39, 0.29) is 0 Å². The molecular weight excluding hydrogens is 232 g/mol. The van der Waals surface area contributed by atoms with Crippen LogP contribution >= 0.6 is 12.2 Å². The summed E-state index contributed by atoms with van der Waals surface area (Å²) in [7, 11) is 0. The van der Waals surface area contributed by atoms with Gasteiger partial charge in [-0.25, -0.2) is 0 Å². The zero-order valence-electron chi connectivity index (χ0n) is 10.4. The molecule has 94 valence electrons. The fraction of sp³-hybridized carbons (Fsp3) is 0.833. The van der Waals surface area contributed by atoms with Gasteiger partial charge in [0.1, 0.15) is 5.82 Å². The van der Waals surface area contributed by atoms with E-state index < -0.39 is 0 Å². The van der Waals surface area contributed by atoms with E-state index in [0.717, 1.165) is 23.1 Å². The van der Waals surface area contributed by atoms with Gasteiger partial charge >= 0.3 is 0 Å². The molecule has 1 aromatic heterocycles. The molecule has 0 saturated carbocycles. The van der Waals surface area contributed by atoms with Crippen LogP contribution in [-0.4, -0.2) is 38.8 Å². The average molecular weight is 252 g/mol. The lowest BCUT2D eigenvalue weighted by atomic mass is 9.97. The molecule has 1 N–H and O–H groups in total. The number of fused-ring (bicyclic) bond motifs is 1. The van der Waals surface area contributed by atoms with Gasteiger partial charge < -0.3 is 9.47 Å². The third-order valence-corrected chi connectivity index (χ3v) is 4.54. The first-order valence-electron chi connectivity index (χ1n) is 6.69. The zero-order chi connectivity index (χ0) is 11.8. The van der Waals surface area contributed by atoms with Crippen molar-refractivity contribution in [2.45, 2.75) is 51.1 Å². The van der Waals surface area contributed by atoms with E-state index in [2.05, 4.69) is 26.6 Å². The number of H-pyrrole nitrogens is 1. The zero-order valence-corrected chi connectivity index (χ0v) is 11.2. The molecule has 3 rings (SSSR count). The SMILES string of the molecule is CCc1n[nH]c(=S)n1C1CCN2CCCC2C1. The van der Waals surface area contributed by atoms with Crippen LogP contribution in [0.2, 0.25) is 0 Å². The maximum Gasteiger partial charge on any atom is 0.195 e. The molecule has 0 bridgehead atoms. The van der Waals surface area contributed by atoms with E-state index in [1.807, 2.05) is 0 Å². The fourth-order valence-corrected chi connectivity index (χ4v) is 3.70. The summed E-state index contributed by atoms with van der Waals surface area (Å²) in [5.74, 6) is 1.12. The molecule has 2 aliphatic heterocycles. The van der Waals surface area contributed by atoms with Crippen molar-refractivity contribution in [1.82, 2.24) is 19.7 Å². The average Bonchev–Trinajstić information content (AvgIpc) is 2.93. The highest BCUT2D eigenvalue weighted by atomic mass is 32.1. The summed E-state index contributed by atoms with van der Waals surface area (Å²) in [6.45, 7) is 4.67. The van der Waals surface area contributed by atoms with E-state index in [9.17, 15) is 0 Å². The van der Waals surface area contributed by atoms with Crippen LogP contribution in [0.4, 0.5) is 0 Å². The maximum absolute atomic E-state index is 5.37. The van der Waals surface area contributed by atoms with Gasteiger partial charge in [0.05, 0.1) is 0 Å². The number of aromatic nitrogens is 3. The molecule has 2 aliphatic rings. The minimum atomic E-state index is 0.565. The lowest BCUT2D eigenvalue weighted by molar-refractivity contribution is 0.153. The first kappa shape index (κ1) is 11.4. The van der Waals surface area contributed by atoms with Crippen LogP contribution < -0.4 is 0 Å². The second kappa shape index (κ2) is 4.53. The van der Waals surface area contributed by atoms with Gasteiger partial charge in [0.2, 0.25) is 0 Å². The highest BCUT2D eigenvalue weighted by molar-refractivity contribution is 7.71. The van der Waals surface area contributed by atoms with Crippen LogP contribution in [0.15, 0.2) is 0 Å². The predicted octanol–water partition coefficient (Wildman–Crippen LogP) is 2.30. The summed E-state index contributed by atoms with van der Waals surface area (Å²) in [5.41, 5.74) is 0. The minimum absolute atomic E-state index is 0.565. The first-order chi connectivity index (χ1) is 8.29. The third kappa shape index (κ3) is 1.95. The largest absolute Gasteiger partial charge is 0.301 e. The van der Waals surface area contributed by atoms with Gasteiger partial charge in [-0.3, -0.25) is 5.10 Å². The number of hydrogen-bond acceptors (Lipinski definition) is 3. The summed E-state index contributed by atoms with van der Waals surface area (Å²) in [4.78, 5) is 2.64. The van der Waals surface area contributed by atoms with E-state index in [4.69, 9.17) is 12.2 Å². The number of aromatic amines is 1. The number of nitrogens with zero attached hydrogens (tertiary/aromatic N) is 3. The molecule has 0 amide bonds. The van der Waals surface area contributed by atoms with Gasteiger partial charge in [-0.1, -0.05) is 6.92 Å². The molecule has 4 nitrogen and oxygen atoms in total. The summed E-state index contributed by atoms with van der Waals surface area (Å²) >= 11 is 5.37. The van der Waals surface area contributed by atoms with Crippen LogP contribution in [0.1, 0.15) is 44.5 Å². The predicted molar refractivity (Wildman–Crippen MR) is 69.7 cm³/mol. The van der Waals surface area contributed by atoms with Gasteiger partial charge in [0.25, 0.3) is 0 Å². The molecule has 0 radical (unpaired) electrons. The topological polar surface area (TPSA) is 36.9 Å². The Balaban J connectivity index is 1.84. The Morgan fingerprint density at radius 1 is 1.35 bits per heavy atom. The Labute approximate surface area is 107 Å². The Morgan fingerprint density at radius 3 is 3.06 bits per heavy atom. The van der Waals surface area contributed by atoms with Crippen molar-refractivity contribution >= 4 is 12.2 Å². The molecule has 17 heavy (non-hydrogen) atoms. The molecule has 2 unspecified atom stereocenters. The summed E-state index contributed by atoms with van der Waals surface area (Å²) in [6.07, 6.45) is 6.16. The normalized spacial score (nSPS) is 29.5. The number of piperidine rings is 1. The molecule has 2 atom stereocenters. The second-order valence-corrected chi connectivity index (χ2v) is 5.57. The Bertz CT molecular complexity index is 450. The lowest BCUT2D eigenvalue weighted by Gasteiger charge is -2.35. The van der Waals surface area contributed by atoms with E-state index in [1.54, 1.807) is 0 Å². The first-order valence-corrected chi connectivity index (χ1v) is 7.10. The maximum atomic E-state index is 5.37. The molecule has 2 saturated heterocycles. The smallest absolute Gasteiger partial charge is 0.195 e. The molecule has 3 heterocycles. The van der Waals surface area contributed by atoms with E-state index in [0.29, 0.717) is 6.04 Å². The van der Waals surface area contributed by atoms with Gasteiger partial charge in [-0.2, -0.15) is 5.10 Å². The Morgan fingerprint density at radius 2 is 2.24 bits per heavy atom. The molecule has 0 aromatic carbocycles. The van der Waals surface area contributed by atoms with Crippen LogP contribution in [0.25, 0.3) is 0 Å². The third-order valence-electron chi connectivity index (χ3n) is 4.25. The van der Waals surface area contributed by atoms with Crippen molar-refractivity contribution in [1.29, 1.82) is 0 Å². The Kier molecular flexibility index (Phi) is 3.04. The standard InChI is InChI=1S/C12H20N4S/c1-2-11-13-14-12(17)16(11)10-5-7-15-6-3-4-9(15)8-10/h9-10H,2-8H2,1H3,(H,14,17). The number of nitrogens with one attached hydrogen (secondary N) is 1. The quantitative estimate of drug-likeness (QED) is 0.821. The van der Waals surface area contributed by atoms with Gasteiger partial charge in [-0.15, -0.1) is 0 Å². The molecule has 1 aromatic rings. The summed E-state index contributed by atoms with van der Waals surface area (Å²) in [6, 6.07) is 1.35. The van der Waals surface area contributed by atoms with Crippen molar-refractivity contribution in [2.75, 3.05) is 13.1 Å². The van der Waals surface area contributed by atoms with Crippen molar-refractivity contribution in [3.63, 3.8) is 0 Å². The van der Waals surface area contributed by atoms with Crippen LogP contribution in [-0.2, 0) is 6.42 Å². The van der Waals surface area contributed by atoms with Gasteiger partial charge in [0, 0.05) is 25.0 Å². The minimum Gasteiger partial charge on any atom is -0.301 e. The molecular formula is C12H20N4S. The number of hydrogen-bond donors (Lipinski definition) is 1. The van der Waals surface area contributed by atoms with E-state index >= 15 is 0 Å². The van der Waals surface area contributed by atoms with Crippen LogP contribution in [0, 0.1) is 4.77 Å². The lowest BCUT2D eigenvalue weighted by Crippen LogP contribution is -2.39. The molecule has 2 fully saturated rings. The van der Waals surface area contributed by atoms with Crippen molar-refractivity contribution < 1.29 is 0 Å². The van der Waals surface area contributed by atoms with Gasteiger partial charge in [-0.05, 0) is 44.4 Å². The van der Waals surface area contributed by atoms with Crippen molar-refractivity contribution in [3.8, 4) is 0 Å². The molecule has 5 heteroatoms. The summed E-state index contributed by atoms with van der Waals surface area (Å²) < 4.78 is 3.07. The van der Waals surface area contributed by atoms with Crippen molar-refractivity contribution in [2.24, 2.45) is 0 Å². The highest BCUT2D eigenvalue weighted by Gasteiger charge is 2.33. The van der Waals surface area contributed by atoms with Gasteiger partial charge in [0.15, 0.2) is 4.77 Å². The molecule has 0 aliphatic carbocycles. The van der Waals surface area contributed by atoms with E-state index in [1.165, 1.54) is 38.8 Å². The molecule has 0 spiro atoms. The Hall–Kier alpha value is -0.680. The van der Waals surface area contributed by atoms with Crippen molar-refractivity contribution in [3.05, 3.63) is 10.6 Å². The number of aryl methyl sites for hydroxylation is 1.